The zero-order chi connectivity index (χ0) is 9.26. The number of hydrogen-bond acceptors (Lipinski definition) is 1. The van der Waals surface area contributed by atoms with Gasteiger partial charge in [-0.15, -0.1) is 0 Å². The largest absolute Gasteiger partial charge is 0.493 e. The number of benzene rings is 1. The van der Waals surface area contributed by atoms with Crippen LogP contribution in [0, 0.1) is 6.92 Å². The average Bonchev–Trinajstić information content (AvgIpc) is 2.19. The Morgan fingerprint density at radius 3 is 3.00 bits per heavy atom. The van der Waals surface area contributed by atoms with Crippen LogP contribution in [0.4, 0.5) is 0 Å². The Bertz CT molecular complexity index is 315. The molecule has 0 aromatic heterocycles. The standard InChI is InChI=1S/C12H16O/c1-3-10-6-7-11-5-4-8-13-12(11)9(10)2/h6-7H,3-5,8H2,1-2H3. The van der Waals surface area contributed by atoms with Crippen LogP contribution in [0.3, 0.4) is 0 Å². The molecule has 0 saturated heterocycles. The molecule has 1 aliphatic rings. The van der Waals surface area contributed by atoms with Gasteiger partial charge in [0.05, 0.1) is 6.61 Å². The van der Waals surface area contributed by atoms with Crippen molar-refractivity contribution < 1.29 is 4.74 Å². The minimum atomic E-state index is 0.890. The van der Waals surface area contributed by atoms with E-state index >= 15 is 0 Å². The van der Waals surface area contributed by atoms with Crippen LogP contribution in [0.15, 0.2) is 12.1 Å². The van der Waals surface area contributed by atoms with Crippen molar-refractivity contribution in [3.63, 3.8) is 0 Å². The van der Waals surface area contributed by atoms with Gasteiger partial charge in [0.1, 0.15) is 5.75 Å². The first kappa shape index (κ1) is 8.61. The molecule has 0 saturated carbocycles. The van der Waals surface area contributed by atoms with Crippen molar-refractivity contribution in [2.24, 2.45) is 0 Å². The van der Waals surface area contributed by atoms with Gasteiger partial charge in [0.2, 0.25) is 0 Å². The zero-order valence-electron chi connectivity index (χ0n) is 8.39. The van der Waals surface area contributed by atoms with E-state index in [0.717, 1.165) is 25.2 Å². The van der Waals surface area contributed by atoms with Gasteiger partial charge in [0.25, 0.3) is 0 Å². The minimum Gasteiger partial charge on any atom is -0.493 e. The van der Waals surface area contributed by atoms with Crippen LogP contribution < -0.4 is 4.74 Å². The maximum absolute atomic E-state index is 5.70. The third-order valence-electron chi connectivity index (χ3n) is 2.82. The van der Waals surface area contributed by atoms with E-state index in [2.05, 4.69) is 26.0 Å². The third-order valence-corrected chi connectivity index (χ3v) is 2.82. The first-order valence-electron chi connectivity index (χ1n) is 5.07. The molecule has 0 aliphatic carbocycles. The van der Waals surface area contributed by atoms with E-state index in [1.165, 1.54) is 23.1 Å². The first-order valence-corrected chi connectivity index (χ1v) is 5.07. The predicted octanol–water partition coefficient (Wildman–Crippen LogP) is 2.88. The van der Waals surface area contributed by atoms with Gasteiger partial charge in [-0.2, -0.15) is 0 Å². The monoisotopic (exact) mass is 176 g/mol. The van der Waals surface area contributed by atoms with E-state index in [9.17, 15) is 0 Å². The summed E-state index contributed by atoms with van der Waals surface area (Å²) >= 11 is 0. The highest BCUT2D eigenvalue weighted by atomic mass is 16.5. The highest BCUT2D eigenvalue weighted by molar-refractivity contribution is 5.46. The van der Waals surface area contributed by atoms with E-state index in [1.54, 1.807) is 0 Å². The smallest absolute Gasteiger partial charge is 0.125 e. The van der Waals surface area contributed by atoms with Crippen molar-refractivity contribution in [3.8, 4) is 5.75 Å². The highest BCUT2D eigenvalue weighted by Gasteiger charge is 2.13. The second kappa shape index (κ2) is 3.41. The van der Waals surface area contributed by atoms with E-state index in [-0.39, 0.29) is 0 Å². The summed E-state index contributed by atoms with van der Waals surface area (Å²) in [5.41, 5.74) is 4.15. The quantitative estimate of drug-likeness (QED) is 0.639. The van der Waals surface area contributed by atoms with Gasteiger partial charge < -0.3 is 4.74 Å². The van der Waals surface area contributed by atoms with E-state index in [0.29, 0.717) is 0 Å². The Labute approximate surface area is 79.7 Å². The summed E-state index contributed by atoms with van der Waals surface area (Å²) < 4.78 is 5.70. The molecule has 0 spiro atoms. The normalized spacial score (nSPS) is 14.9. The molecule has 70 valence electrons. The topological polar surface area (TPSA) is 9.23 Å². The van der Waals surface area contributed by atoms with Crippen LogP contribution >= 0.6 is 0 Å². The summed E-state index contributed by atoms with van der Waals surface area (Å²) in [6.45, 7) is 5.25. The fourth-order valence-electron chi connectivity index (χ4n) is 2.01. The van der Waals surface area contributed by atoms with E-state index < -0.39 is 0 Å². The molecule has 1 aromatic rings. The predicted molar refractivity (Wildman–Crippen MR) is 54.4 cm³/mol. The Kier molecular flexibility index (Phi) is 2.26. The van der Waals surface area contributed by atoms with Gasteiger partial charge in [0.15, 0.2) is 0 Å². The molecule has 13 heavy (non-hydrogen) atoms. The third kappa shape index (κ3) is 1.43. The van der Waals surface area contributed by atoms with Crippen molar-refractivity contribution in [1.29, 1.82) is 0 Å². The van der Waals surface area contributed by atoms with Crippen molar-refractivity contribution in [3.05, 3.63) is 28.8 Å². The van der Waals surface area contributed by atoms with Crippen LogP contribution in [0.1, 0.15) is 30.0 Å². The van der Waals surface area contributed by atoms with Crippen molar-refractivity contribution in [2.45, 2.75) is 33.1 Å². The molecule has 1 nitrogen and oxygen atoms in total. The fourth-order valence-corrected chi connectivity index (χ4v) is 2.01. The summed E-state index contributed by atoms with van der Waals surface area (Å²) in [5, 5.41) is 0. The lowest BCUT2D eigenvalue weighted by atomic mass is 9.98. The zero-order valence-corrected chi connectivity index (χ0v) is 8.39. The van der Waals surface area contributed by atoms with Gasteiger partial charge in [-0.25, -0.2) is 0 Å². The van der Waals surface area contributed by atoms with Gasteiger partial charge in [-0.3, -0.25) is 0 Å². The van der Waals surface area contributed by atoms with Gasteiger partial charge in [0, 0.05) is 0 Å². The summed E-state index contributed by atoms with van der Waals surface area (Å²) in [6, 6.07) is 4.46. The maximum atomic E-state index is 5.70. The number of ether oxygens (including phenoxy) is 1. The number of hydrogen-bond donors (Lipinski definition) is 0. The lowest BCUT2D eigenvalue weighted by Gasteiger charge is -2.20. The molecule has 1 heterocycles. The minimum absolute atomic E-state index is 0.890. The SMILES string of the molecule is CCc1ccc2c(c1C)OCCC2. The lowest BCUT2D eigenvalue weighted by Crippen LogP contribution is -2.10. The second-order valence-electron chi connectivity index (χ2n) is 3.64. The molecule has 0 atom stereocenters. The van der Waals surface area contributed by atoms with E-state index in [1.807, 2.05) is 0 Å². The highest BCUT2D eigenvalue weighted by Crippen LogP contribution is 2.30. The van der Waals surface area contributed by atoms with Gasteiger partial charge in [-0.1, -0.05) is 19.1 Å². The molecule has 1 aliphatic heterocycles. The van der Waals surface area contributed by atoms with Crippen LogP contribution in [0.25, 0.3) is 0 Å². The summed E-state index contributed by atoms with van der Waals surface area (Å²) in [6.07, 6.45) is 3.44. The van der Waals surface area contributed by atoms with Crippen LogP contribution in [0.5, 0.6) is 5.75 Å². The molecular weight excluding hydrogens is 160 g/mol. The Balaban J connectivity index is 2.48. The molecule has 1 heteroatoms. The average molecular weight is 176 g/mol. The van der Waals surface area contributed by atoms with Crippen LogP contribution in [0.2, 0.25) is 0 Å². The van der Waals surface area contributed by atoms with Crippen molar-refractivity contribution in [2.75, 3.05) is 6.61 Å². The van der Waals surface area contributed by atoms with Crippen LogP contribution in [-0.4, -0.2) is 6.61 Å². The molecular formula is C12H16O. The van der Waals surface area contributed by atoms with Crippen LogP contribution in [-0.2, 0) is 12.8 Å². The molecule has 0 radical (unpaired) electrons. The molecule has 2 rings (SSSR count). The number of rotatable bonds is 1. The molecule has 0 unspecified atom stereocenters. The number of aryl methyl sites for hydroxylation is 2. The molecule has 0 amide bonds. The Morgan fingerprint density at radius 2 is 2.23 bits per heavy atom. The second-order valence-corrected chi connectivity index (χ2v) is 3.64. The molecule has 1 aromatic carbocycles. The van der Waals surface area contributed by atoms with Gasteiger partial charge >= 0.3 is 0 Å². The summed E-state index contributed by atoms with van der Waals surface area (Å²) in [7, 11) is 0. The Hall–Kier alpha value is -0.980. The van der Waals surface area contributed by atoms with E-state index in [4.69, 9.17) is 4.74 Å². The lowest BCUT2D eigenvalue weighted by molar-refractivity contribution is 0.286. The fraction of sp³-hybridized carbons (Fsp3) is 0.500. The number of fused-ring (bicyclic) bond motifs is 1. The molecule has 0 fully saturated rings. The van der Waals surface area contributed by atoms with Gasteiger partial charge in [-0.05, 0) is 42.9 Å². The summed E-state index contributed by atoms with van der Waals surface area (Å²) in [4.78, 5) is 0. The molecule has 0 N–H and O–H groups in total. The Morgan fingerprint density at radius 1 is 1.38 bits per heavy atom. The van der Waals surface area contributed by atoms with Crippen molar-refractivity contribution >= 4 is 0 Å². The first-order chi connectivity index (χ1) is 6.33. The molecule has 0 bridgehead atoms. The maximum Gasteiger partial charge on any atom is 0.125 e. The summed E-state index contributed by atoms with van der Waals surface area (Å²) in [5.74, 6) is 1.16. The van der Waals surface area contributed by atoms with Crippen molar-refractivity contribution in [1.82, 2.24) is 0 Å².